The quantitative estimate of drug-likeness (QED) is 0.565. The van der Waals surface area contributed by atoms with Gasteiger partial charge in [-0.25, -0.2) is 0 Å². The Kier molecular flexibility index (Phi) is 5.78. The van der Waals surface area contributed by atoms with Crippen LogP contribution in [0, 0.1) is 0 Å². The molecule has 3 aromatic rings. The van der Waals surface area contributed by atoms with Gasteiger partial charge in [0.2, 0.25) is 0 Å². The zero-order valence-electron chi connectivity index (χ0n) is 14.1. The first-order valence-corrected chi connectivity index (χ1v) is 8.22. The van der Waals surface area contributed by atoms with Gasteiger partial charge in [0.05, 0.1) is 0 Å². The lowest BCUT2D eigenvalue weighted by Crippen LogP contribution is -2.00. The minimum atomic E-state index is 0.321. The maximum absolute atomic E-state index is 11.0. The molecule has 0 aromatic heterocycles. The van der Waals surface area contributed by atoms with Crippen LogP contribution in [-0.2, 0) is 13.2 Å². The molecule has 0 atom stereocenters. The molecule has 4 heteroatoms. The molecule has 0 unspecified atom stereocenters. The number of rotatable bonds is 8. The van der Waals surface area contributed by atoms with E-state index in [4.69, 9.17) is 9.47 Å². The zero-order chi connectivity index (χ0) is 18.2. The molecule has 0 aliphatic heterocycles. The molecule has 3 aromatic carbocycles. The molecular formula is C22H18O4. The molecule has 0 saturated carbocycles. The summed E-state index contributed by atoms with van der Waals surface area (Å²) in [7, 11) is 0. The molecule has 0 N–H and O–H groups in total. The van der Waals surface area contributed by atoms with Crippen molar-refractivity contribution in [2.24, 2.45) is 0 Å². The minimum Gasteiger partial charge on any atom is -0.489 e. The summed E-state index contributed by atoms with van der Waals surface area (Å²) in [4.78, 5) is 22.0. The molecule has 0 aliphatic carbocycles. The largest absolute Gasteiger partial charge is 0.489 e. The maximum Gasteiger partial charge on any atom is 0.150 e. The van der Waals surface area contributed by atoms with E-state index in [2.05, 4.69) is 0 Å². The smallest absolute Gasteiger partial charge is 0.150 e. The standard InChI is InChI=1S/C22H18O4/c23-13-17-5-1-3-7-19(17)15-25-21-9-11-22(12-10-21)26-16-20-8-4-2-6-18(20)14-24/h1-14H,15-16H2. The molecule has 0 saturated heterocycles. The van der Waals surface area contributed by atoms with E-state index in [0.29, 0.717) is 35.8 Å². The van der Waals surface area contributed by atoms with Crippen LogP contribution >= 0.6 is 0 Å². The lowest BCUT2D eigenvalue weighted by molar-refractivity contribution is 0.111. The summed E-state index contributed by atoms with van der Waals surface area (Å²) in [5, 5.41) is 0. The van der Waals surface area contributed by atoms with Gasteiger partial charge in [0.1, 0.15) is 37.3 Å². The highest BCUT2D eigenvalue weighted by molar-refractivity contribution is 5.77. The van der Waals surface area contributed by atoms with Crippen LogP contribution in [0.5, 0.6) is 11.5 Å². The van der Waals surface area contributed by atoms with Crippen molar-refractivity contribution in [1.29, 1.82) is 0 Å². The Labute approximate surface area is 152 Å². The first-order chi connectivity index (χ1) is 12.8. The van der Waals surface area contributed by atoms with E-state index in [1.165, 1.54) is 0 Å². The second-order valence-corrected chi connectivity index (χ2v) is 5.68. The summed E-state index contributed by atoms with van der Waals surface area (Å²) in [5.74, 6) is 1.37. The Morgan fingerprint density at radius 2 is 0.962 bits per heavy atom. The number of benzene rings is 3. The van der Waals surface area contributed by atoms with Gasteiger partial charge in [-0.3, -0.25) is 9.59 Å². The predicted molar refractivity (Wildman–Crippen MR) is 98.8 cm³/mol. The van der Waals surface area contributed by atoms with Crippen LogP contribution in [0.15, 0.2) is 72.8 Å². The number of ether oxygens (including phenoxy) is 2. The fraction of sp³-hybridized carbons (Fsp3) is 0.0909. The SMILES string of the molecule is O=Cc1ccccc1COc1ccc(OCc2ccccc2C=O)cc1. The first-order valence-electron chi connectivity index (χ1n) is 8.22. The van der Waals surface area contributed by atoms with Crippen molar-refractivity contribution in [3.8, 4) is 11.5 Å². The fourth-order valence-electron chi connectivity index (χ4n) is 2.52. The molecule has 26 heavy (non-hydrogen) atoms. The third-order valence-corrected chi connectivity index (χ3v) is 3.98. The second kappa shape index (κ2) is 8.62. The number of hydrogen-bond donors (Lipinski definition) is 0. The third-order valence-electron chi connectivity index (χ3n) is 3.98. The second-order valence-electron chi connectivity index (χ2n) is 5.68. The van der Waals surface area contributed by atoms with Gasteiger partial charge in [-0.05, 0) is 35.4 Å². The van der Waals surface area contributed by atoms with E-state index in [1.807, 2.05) is 60.7 Å². The van der Waals surface area contributed by atoms with Gasteiger partial charge in [-0.2, -0.15) is 0 Å². The average molecular weight is 346 g/mol. The number of carbonyl (C=O) groups excluding carboxylic acids is 2. The lowest BCUT2D eigenvalue weighted by atomic mass is 10.1. The maximum atomic E-state index is 11.0. The van der Waals surface area contributed by atoms with Gasteiger partial charge in [0, 0.05) is 11.1 Å². The van der Waals surface area contributed by atoms with Crippen molar-refractivity contribution in [2.45, 2.75) is 13.2 Å². The Balaban J connectivity index is 1.58. The van der Waals surface area contributed by atoms with Crippen molar-refractivity contribution < 1.29 is 19.1 Å². The summed E-state index contributed by atoms with van der Waals surface area (Å²) < 4.78 is 11.5. The van der Waals surface area contributed by atoms with Gasteiger partial charge >= 0.3 is 0 Å². The molecule has 0 amide bonds. The molecule has 0 aliphatic rings. The summed E-state index contributed by atoms with van der Waals surface area (Å²) in [6, 6.07) is 21.9. The summed E-state index contributed by atoms with van der Waals surface area (Å²) >= 11 is 0. The predicted octanol–water partition coefficient (Wildman–Crippen LogP) is 4.47. The van der Waals surface area contributed by atoms with Crippen LogP contribution < -0.4 is 9.47 Å². The van der Waals surface area contributed by atoms with Crippen molar-refractivity contribution >= 4 is 12.6 Å². The van der Waals surface area contributed by atoms with Crippen molar-refractivity contribution in [2.75, 3.05) is 0 Å². The van der Waals surface area contributed by atoms with Gasteiger partial charge < -0.3 is 9.47 Å². The summed E-state index contributed by atoms with van der Waals surface area (Å²) in [5.41, 5.74) is 2.93. The summed E-state index contributed by atoms with van der Waals surface area (Å²) in [6.45, 7) is 0.643. The van der Waals surface area contributed by atoms with Crippen molar-refractivity contribution in [1.82, 2.24) is 0 Å². The van der Waals surface area contributed by atoms with Crippen LogP contribution in [0.25, 0.3) is 0 Å². The summed E-state index contributed by atoms with van der Waals surface area (Å²) in [6.07, 6.45) is 1.65. The molecule has 0 heterocycles. The van der Waals surface area contributed by atoms with Crippen LogP contribution in [0.1, 0.15) is 31.8 Å². The number of aldehydes is 2. The van der Waals surface area contributed by atoms with Crippen LogP contribution in [-0.4, -0.2) is 12.6 Å². The molecule has 4 nitrogen and oxygen atoms in total. The molecular weight excluding hydrogens is 328 g/mol. The fourth-order valence-corrected chi connectivity index (χ4v) is 2.52. The molecule has 3 rings (SSSR count). The van der Waals surface area contributed by atoms with Crippen molar-refractivity contribution in [3.05, 3.63) is 95.1 Å². The topological polar surface area (TPSA) is 52.6 Å². The third kappa shape index (κ3) is 4.36. The highest BCUT2D eigenvalue weighted by atomic mass is 16.5. The van der Waals surface area contributed by atoms with Gasteiger partial charge in [0.15, 0.2) is 0 Å². The van der Waals surface area contributed by atoms with Gasteiger partial charge in [0.25, 0.3) is 0 Å². The van der Waals surface area contributed by atoms with E-state index in [1.54, 1.807) is 12.1 Å². The first kappa shape index (κ1) is 17.4. The number of hydrogen-bond acceptors (Lipinski definition) is 4. The van der Waals surface area contributed by atoms with Crippen LogP contribution in [0.3, 0.4) is 0 Å². The van der Waals surface area contributed by atoms with Gasteiger partial charge in [-0.1, -0.05) is 48.5 Å². The number of carbonyl (C=O) groups is 2. The van der Waals surface area contributed by atoms with Crippen molar-refractivity contribution in [3.63, 3.8) is 0 Å². The normalized spacial score (nSPS) is 10.2. The van der Waals surface area contributed by atoms with Crippen LogP contribution in [0.2, 0.25) is 0 Å². The molecule has 0 bridgehead atoms. The Morgan fingerprint density at radius 1 is 0.577 bits per heavy atom. The average Bonchev–Trinajstić information content (AvgIpc) is 2.72. The zero-order valence-corrected chi connectivity index (χ0v) is 14.1. The Morgan fingerprint density at radius 3 is 1.35 bits per heavy atom. The lowest BCUT2D eigenvalue weighted by Gasteiger charge is -2.10. The Bertz CT molecular complexity index is 810. The molecule has 0 spiro atoms. The minimum absolute atomic E-state index is 0.321. The Hall–Kier alpha value is -3.40. The van der Waals surface area contributed by atoms with E-state index < -0.39 is 0 Å². The van der Waals surface area contributed by atoms with E-state index in [9.17, 15) is 9.59 Å². The molecule has 130 valence electrons. The highest BCUT2D eigenvalue weighted by Gasteiger charge is 2.04. The highest BCUT2D eigenvalue weighted by Crippen LogP contribution is 2.20. The van der Waals surface area contributed by atoms with E-state index in [0.717, 1.165) is 23.7 Å². The van der Waals surface area contributed by atoms with E-state index in [-0.39, 0.29) is 0 Å². The van der Waals surface area contributed by atoms with E-state index >= 15 is 0 Å². The van der Waals surface area contributed by atoms with Gasteiger partial charge in [-0.15, -0.1) is 0 Å². The van der Waals surface area contributed by atoms with Crippen LogP contribution in [0.4, 0.5) is 0 Å². The monoisotopic (exact) mass is 346 g/mol. The molecule has 0 fully saturated rings. The molecule has 0 radical (unpaired) electrons.